The van der Waals surface area contributed by atoms with Crippen LogP contribution in [0.25, 0.3) is 0 Å². The zero-order chi connectivity index (χ0) is 8.84. The largest absolute Gasteiger partial charge is 0.299 e. The zero-order valence-electron chi connectivity index (χ0n) is 8.04. The van der Waals surface area contributed by atoms with Crippen molar-refractivity contribution in [3.8, 4) is 0 Å². The lowest BCUT2D eigenvalue weighted by molar-refractivity contribution is -0.121. The number of carbonyl (C=O) groups excluding carboxylic acids is 1. The van der Waals surface area contributed by atoms with E-state index in [0.717, 1.165) is 12.3 Å². The molecular formula is C11H17NO. The molecule has 0 radical (unpaired) electrons. The molecule has 0 aromatic rings. The Labute approximate surface area is 79.3 Å². The summed E-state index contributed by atoms with van der Waals surface area (Å²) in [7, 11) is 0. The molecule has 2 heteroatoms. The number of hydrogen-bond donors (Lipinski definition) is 0. The summed E-state index contributed by atoms with van der Waals surface area (Å²) in [5, 5.41) is 0. The topological polar surface area (TPSA) is 20.3 Å². The minimum atomic E-state index is 0.426. The fraction of sp³-hybridized carbons (Fsp3) is 0.909. The van der Waals surface area contributed by atoms with Gasteiger partial charge in [0.15, 0.2) is 0 Å². The van der Waals surface area contributed by atoms with E-state index in [2.05, 4.69) is 4.90 Å². The molecule has 3 aliphatic rings. The van der Waals surface area contributed by atoms with Gasteiger partial charge in [-0.25, -0.2) is 0 Å². The highest BCUT2D eigenvalue weighted by molar-refractivity contribution is 5.84. The maximum atomic E-state index is 11.7. The van der Waals surface area contributed by atoms with Gasteiger partial charge in [-0.2, -0.15) is 0 Å². The second kappa shape index (κ2) is 2.81. The molecule has 0 aromatic carbocycles. The maximum absolute atomic E-state index is 11.7. The van der Waals surface area contributed by atoms with E-state index in [-0.39, 0.29) is 0 Å². The van der Waals surface area contributed by atoms with Crippen molar-refractivity contribution in [2.24, 2.45) is 11.8 Å². The van der Waals surface area contributed by atoms with E-state index in [4.69, 9.17) is 0 Å². The summed E-state index contributed by atoms with van der Waals surface area (Å²) >= 11 is 0. The highest BCUT2D eigenvalue weighted by Gasteiger charge is 2.48. The Kier molecular flexibility index (Phi) is 1.72. The van der Waals surface area contributed by atoms with Gasteiger partial charge < -0.3 is 0 Å². The molecule has 72 valence electrons. The zero-order valence-corrected chi connectivity index (χ0v) is 8.04. The van der Waals surface area contributed by atoms with Gasteiger partial charge in [-0.15, -0.1) is 0 Å². The number of Topliss-reactive ketones (excluding diaryl/α,β-unsaturated/α-hetero) is 1. The lowest BCUT2D eigenvalue weighted by atomic mass is 9.95. The Morgan fingerprint density at radius 3 is 3.00 bits per heavy atom. The molecule has 2 aliphatic heterocycles. The van der Waals surface area contributed by atoms with Gasteiger partial charge in [0, 0.05) is 18.4 Å². The first-order valence-corrected chi connectivity index (χ1v) is 5.63. The number of nitrogens with zero attached hydrogens (tertiary/aromatic N) is 1. The third-order valence-corrected chi connectivity index (χ3v) is 4.19. The highest BCUT2D eigenvalue weighted by atomic mass is 16.1. The van der Waals surface area contributed by atoms with E-state index in [0.29, 0.717) is 17.7 Å². The first-order valence-electron chi connectivity index (χ1n) is 5.63. The molecule has 3 atom stereocenters. The third-order valence-electron chi connectivity index (χ3n) is 4.19. The molecule has 0 amide bonds. The van der Waals surface area contributed by atoms with Crippen molar-refractivity contribution < 1.29 is 4.79 Å². The van der Waals surface area contributed by atoms with Gasteiger partial charge in [-0.3, -0.25) is 9.69 Å². The van der Waals surface area contributed by atoms with Gasteiger partial charge >= 0.3 is 0 Å². The second-order valence-corrected chi connectivity index (χ2v) is 4.85. The van der Waals surface area contributed by atoms with Crippen molar-refractivity contribution in [1.29, 1.82) is 0 Å². The summed E-state index contributed by atoms with van der Waals surface area (Å²) in [6.45, 7) is 2.52. The lowest BCUT2D eigenvalue weighted by Crippen LogP contribution is -2.35. The summed E-state index contributed by atoms with van der Waals surface area (Å²) in [6.07, 6.45) is 5.94. The highest BCUT2D eigenvalue weighted by Crippen LogP contribution is 2.43. The Morgan fingerprint density at radius 1 is 1.15 bits per heavy atom. The Morgan fingerprint density at radius 2 is 2.08 bits per heavy atom. The quantitative estimate of drug-likeness (QED) is 0.561. The minimum Gasteiger partial charge on any atom is -0.299 e. The molecule has 1 aliphatic carbocycles. The Balaban J connectivity index is 1.91. The molecule has 3 rings (SSSR count). The average Bonchev–Trinajstić information content (AvgIpc) is 2.55. The molecule has 0 bridgehead atoms. The van der Waals surface area contributed by atoms with Crippen LogP contribution in [-0.2, 0) is 4.79 Å². The van der Waals surface area contributed by atoms with Crippen molar-refractivity contribution in [3.05, 3.63) is 0 Å². The molecule has 2 saturated heterocycles. The molecular weight excluding hydrogens is 162 g/mol. The molecule has 2 nitrogen and oxygen atoms in total. The molecule has 3 fully saturated rings. The van der Waals surface area contributed by atoms with E-state index in [1.54, 1.807) is 0 Å². The van der Waals surface area contributed by atoms with Gasteiger partial charge in [0.1, 0.15) is 5.78 Å². The maximum Gasteiger partial charge on any atom is 0.137 e. The standard InChI is InChI=1S/C11H17NO/c13-10-7-8-4-6-12-5-2-1-3-9(10)11(8)12/h8-9,11H,1-7H2/t8-,9+,11-/m1/s1. The fourth-order valence-electron chi connectivity index (χ4n) is 3.63. The van der Waals surface area contributed by atoms with Crippen LogP contribution in [0.3, 0.4) is 0 Å². The molecule has 0 aromatic heterocycles. The number of ketones is 1. The van der Waals surface area contributed by atoms with Gasteiger partial charge in [-0.05, 0) is 38.3 Å². The SMILES string of the molecule is O=C1C[C@H]2CCN3CCCC[C@@H]1[C@@H]23. The molecule has 0 unspecified atom stereocenters. The first-order chi connectivity index (χ1) is 6.36. The molecule has 0 N–H and O–H groups in total. The van der Waals surface area contributed by atoms with Gasteiger partial charge in [0.25, 0.3) is 0 Å². The van der Waals surface area contributed by atoms with Crippen molar-refractivity contribution >= 4 is 5.78 Å². The molecule has 1 saturated carbocycles. The predicted molar refractivity (Wildman–Crippen MR) is 50.4 cm³/mol. The van der Waals surface area contributed by atoms with Crippen molar-refractivity contribution in [1.82, 2.24) is 4.90 Å². The minimum absolute atomic E-state index is 0.426. The molecule has 13 heavy (non-hydrogen) atoms. The van der Waals surface area contributed by atoms with Crippen LogP contribution >= 0.6 is 0 Å². The van der Waals surface area contributed by atoms with Crippen LogP contribution < -0.4 is 0 Å². The van der Waals surface area contributed by atoms with Crippen molar-refractivity contribution in [3.63, 3.8) is 0 Å². The van der Waals surface area contributed by atoms with Crippen LogP contribution in [0.1, 0.15) is 32.1 Å². The van der Waals surface area contributed by atoms with E-state index < -0.39 is 0 Å². The third kappa shape index (κ3) is 1.08. The van der Waals surface area contributed by atoms with Crippen LogP contribution in [0.2, 0.25) is 0 Å². The number of rotatable bonds is 0. The summed E-state index contributed by atoms with van der Waals surface area (Å²) < 4.78 is 0. The Bertz CT molecular complexity index is 238. The summed E-state index contributed by atoms with van der Waals surface area (Å²) in [5.41, 5.74) is 0. The Hall–Kier alpha value is -0.370. The lowest BCUT2D eigenvalue weighted by Gasteiger charge is -2.24. The number of carbonyl (C=O) groups is 1. The monoisotopic (exact) mass is 179 g/mol. The van der Waals surface area contributed by atoms with Crippen LogP contribution in [0.15, 0.2) is 0 Å². The van der Waals surface area contributed by atoms with Gasteiger partial charge in [0.2, 0.25) is 0 Å². The summed E-state index contributed by atoms with van der Waals surface area (Å²) in [6, 6.07) is 0.662. The van der Waals surface area contributed by atoms with E-state index >= 15 is 0 Å². The fourth-order valence-corrected chi connectivity index (χ4v) is 3.63. The first kappa shape index (κ1) is 7.98. The van der Waals surface area contributed by atoms with Crippen LogP contribution in [-0.4, -0.2) is 29.8 Å². The van der Waals surface area contributed by atoms with Crippen molar-refractivity contribution in [2.75, 3.05) is 13.1 Å². The van der Waals surface area contributed by atoms with Crippen LogP contribution in [0.4, 0.5) is 0 Å². The number of hydrogen-bond acceptors (Lipinski definition) is 2. The van der Waals surface area contributed by atoms with E-state index in [1.165, 1.54) is 38.8 Å². The van der Waals surface area contributed by atoms with Gasteiger partial charge in [-0.1, -0.05) is 6.42 Å². The van der Waals surface area contributed by atoms with Crippen LogP contribution in [0.5, 0.6) is 0 Å². The summed E-state index contributed by atoms with van der Waals surface area (Å²) in [5.74, 6) is 1.73. The van der Waals surface area contributed by atoms with E-state index in [9.17, 15) is 4.79 Å². The van der Waals surface area contributed by atoms with Crippen molar-refractivity contribution in [2.45, 2.75) is 38.1 Å². The smallest absolute Gasteiger partial charge is 0.137 e. The predicted octanol–water partition coefficient (Wildman–Crippen LogP) is 1.45. The second-order valence-electron chi connectivity index (χ2n) is 4.85. The molecule has 2 heterocycles. The normalized spacial score (nSPS) is 44.9. The molecule has 0 spiro atoms. The summed E-state index contributed by atoms with van der Waals surface area (Å²) in [4.78, 5) is 14.3. The van der Waals surface area contributed by atoms with Gasteiger partial charge in [0.05, 0.1) is 0 Å². The van der Waals surface area contributed by atoms with Crippen LogP contribution in [0, 0.1) is 11.8 Å². The van der Waals surface area contributed by atoms with E-state index in [1.807, 2.05) is 0 Å². The average molecular weight is 179 g/mol.